The number of nitrogens with zero attached hydrogens (tertiary/aromatic N) is 2. The Bertz CT molecular complexity index is 569. The minimum atomic E-state index is -3.97. The zero-order valence-corrected chi connectivity index (χ0v) is 24.5. The maximum Gasteiger partial charge on any atom is 0.508 e. The molecule has 10 heteroatoms. The van der Waals surface area contributed by atoms with Gasteiger partial charge in [-0.1, -0.05) is 90.9 Å². The van der Waals surface area contributed by atoms with Crippen LogP contribution in [0.15, 0.2) is 0 Å². The molecule has 0 spiro atoms. The lowest BCUT2D eigenvalue weighted by atomic mass is 9.93. The molecule has 37 heavy (non-hydrogen) atoms. The van der Waals surface area contributed by atoms with E-state index in [1.165, 1.54) is 44.9 Å². The summed E-state index contributed by atoms with van der Waals surface area (Å²) in [5.41, 5.74) is 0. The second kappa shape index (κ2) is 20.7. The molecule has 0 saturated carbocycles. The number of morpholine rings is 2. The number of rotatable bonds is 22. The summed E-state index contributed by atoms with van der Waals surface area (Å²) in [5, 5.41) is 3.16. The summed E-state index contributed by atoms with van der Waals surface area (Å²) in [6.45, 7) is 8.30. The lowest BCUT2D eigenvalue weighted by Gasteiger charge is -2.33. The van der Waals surface area contributed by atoms with Gasteiger partial charge in [0.05, 0.1) is 33.0 Å². The van der Waals surface area contributed by atoms with E-state index < -0.39 is 14.0 Å². The lowest BCUT2D eigenvalue weighted by Crippen LogP contribution is -2.39. The van der Waals surface area contributed by atoms with Crippen molar-refractivity contribution in [3.63, 3.8) is 0 Å². The van der Waals surface area contributed by atoms with Crippen molar-refractivity contribution in [1.82, 2.24) is 10.1 Å². The predicted octanol–water partition coefficient (Wildman–Crippen LogP) is 7.09. The van der Waals surface area contributed by atoms with Gasteiger partial charge in [0, 0.05) is 32.1 Å². The highest BCUT2D eigenvalue weighted by Crippen LogP contribution is 2.52. The highest BCUT2D eigenvalue weighted by Gasteiger charge is 2.37. The number of alkyl halides is 1. The quantitative estimate of drug-likeness (QED) is 0.104. The zero-order valence-electron chi connectivity index (χ0n) is 23.6. The third kappa shape index (κ3) is 15.3. The van der Waals surface area contributed by atoms with Crippen LogP contribution in [0.3, 0.4) is 0 Å². The van der Waals surface area contributed by atoms with Gasteiger partial charge in [0.1, 0.15) is 6.17 Å². The van der Waals surface area contributed by atoms with Crippen LogP contribution in [0.4, 0.5) is 4.39 Å². The van der Waals surface area contributed by atoms with Gasteiger partial charge in [0.25, 0.3) is 0 Å². The molecule has 0 aliphatic carbocycles. The number of unbranched alkanes of at least 4 members (excludes halogenated alkanes) is 10. The van der Waals surface area contributed by atoms with Crippen molar-refractivity contribution in [2.75, 3.05) is 59.2 Å². The fraction of sp³-hybridized carbons (Fsp3) is 1.00. The molecular formula is C27H54FN2O6P. The fourth-order valence-electron chi connectivity index (χ4n) is 4.70. The summed E-state index contributed by atoms with van der Waals surface area (Å²) in [7, 11) is -3.97. The van der Waals surface area contributed by atoms with Crippen LogP contribution in [0.1, 0.15) is 104 Å². The predicted molar refractivity (Wildman–Crippen MR) is 145 cm³/mol. The molecule has 220 valence electrons. The molecule has 2 saturated heterocycles. The average Bonchev–Trinajstić information content (AvgIpc) is 2.90. The van der Waals surface area contributed by atoms with Gasteiger partial charge in [-0.05, 0) is 12.8 Å². The molecule has 0 bridgehead atoms. The largest absolute Gasteiger partial charge is 0.508 e. The fourth-order valence-corrected chi connectivity index (χ4v) is 6.09. The summed E-state index contributed by atoms with van der Waals surface area (Å²) >= 11 is 0. The minimum Gasteiger partial charge on any atom is -0.379 e. The number of halogens is 1. The van der Waals surface area contributed by atoms with Gasteiger partial charge in [-0.15, -0.1) is 0 Å². The van der Waals surface area contributed by atoms with E-state index in [0.717, 1.165) is 38.5 Å². The molecule has 0 aromatic rings. The molecule has 2 aliphatic rings. The molecule has 0 aromatic heterocycles. The number of ether oxygens (including phenoxy) is 2. The first-order valence-electron chi connectivity index (χ1n) is 15.0. The first kappa shape index (κ1) is 33.1. The summed E-state index contributed by atoms with van der Waals surface area (Å²) < 4.78 is 57.3. The Hall–Kier alpha value is -0.120. The Kier molecular flexibility index (Phi) is 18.5. The summed E-state index contributed by atoms with van der Waals surface area (Å²) in [6, 6.07) is 0. The van der Waals surface area contributed by atoms with Crippen molar-refractivity contribution >= 4 is 7.82 Å². The van der Waals surface area contributed by atoms with Crippen LogP contribution in [0, 0.1) is 5.92 Å². The van der Waals surface area contributed by atoms with Crippen molar-refractivity contribution in [2.24, 2.45) is 5.92 Å². The highest BCUT2D eigenvalue weighted by molar-refractivity contribution is 7.48. The van der Waals surface area contributed by atoms with Crippen LogP contribution < -0.4 is 0 Å². The molecule has 0 radical (unpaired) electrons. The number of phosphoric acid groups is 1. The van der Waals surface area contributed by atoms with Crippen molar-refractivity contribution < 1.29 is 32.2 Å². The molecule has 2 aliphatic heterocycles. The average molecular weight is 553 g/mol. The molecule has 8 nitrogen and oxygen atoms in total. The SMILES string of the molecule is CCCCCCCCCC(COP(=O)(ON1CCOCC1)ON1CCOCC1)C(F)CCCCCCC. The van der Waals surface area contributed by atoms with Crippen LogP contribution >= 0.6 is 7.82 Å². The van der Waals surface area contributed by atoms with E-state index >= 15 is 4.39 Å². The molecule has 2 atom stereocenters. The topological polar surface area (TPSA) is 69.7 Å². The Morgan fingerprint density at radius 2 is 1.14 bits per heavy atom. The molecule has 2 rings (SSSR count). The summed E-state index contributed by atoms with van der Waals surface area (Å²) in [5.74, 6) is -0.322. The van der Waals surface area contributed by atoms with E-state index in [9.17, 15) is 4.57 Å². The van der Waals surface area contributed by atoms with Gasteiger partial charge >= 0.3 is 7.82 Å². The van der Waals surface area contributed by atoms with Crippen LogP contribution in [0.5, 0.6) is 0 Å². The second-order valence-corrected chi connectivity index (χ2v) is 11.9. The minimum absolute atomic E-state index is 0.0257. The molecule has 0 aromatic carbocycles. The van der Waals surface area contributed by atoms with Gasteiger partial charge in [-0.25, -0.2) is 8.96 Å². The van der Waals surface area contributed by atoms with E-state index in [1.54, 1.807) is 10.1 Å². The zero-order chi connectivity index (χ0) is 26.6. The van der Waals surface area contributed by atoms with Crippen molar-refractivity contribution in [1.29, 1.82) is 0 Å². The van der Waals surface area contributed by atoms with Gasteiger partial charge in [0.2, 0.25) is 0 Å². The van der Waals surface area contributed by atoms with Crippen molar-refractivity contribution in [2.45, 2.75) is 110 Å². The van der Waals surface area contributed by atoms with Crippen LogP contribution in [-0.4, -0.2) is 75.5 Å². The van der Waals surface area contributed by atoms with Crippen LogP contribution in [0.2, 0.25) is 0 Å². The monoisotopic (exact) mass is 552 g/mol. The molecule has 2 fully saturated rings. The standard InChI is InChI=1S/C27H54FN2O6P/c1-3-5-7-9-10-12-13-15-26(27(28)16-14-11-8-6-4-2)25-34-37(31,35-29-17-21-32-22-18-29)36-30-19-23-33-24-20-30/h26-27H,3-25H2,1-2H3. The molecule has 0 amide bonds. The summed E-state index contributed by atoms with van der Waals surface area (Å²) in [4.78, 5) is 0. The van der Waals surface area contributed by atoms with Crippen molar-refractivity contribution in [3.05, 3.63) is 0 Å². The van der Waals surface area contributed by atoms with E-state index in [-0.39, 0.29) is 12.5 Å². The Morgan fingerprint density at radius 3 is 1.62 bits per heavy atom. The maximum atomic E-state index is 15.4. The van der Waals surface area contributed by atoms with Gasteiger partial charge in [-0.3, -0.25) is 4.52 Å². The smallest absolute Gasteiger partial charge is 0.379 e. The van der Waals surface area contributed by atoms with Gasteiger partial charge in [-0.2, -0.15) is 19.4 Å². The van der Waals surface area contributed by atoms with Gasteiger partial charge < -0.3 is 9.47 Å². The van der Waals surface area contributed by atoms with Crippen LogP contribution in [-0.2, 0) is 27.8 Å². The molecular weight excluding hydrogens is 498 g/mol. The van der Waals surface area contributed by atoms with Gasteiger partial charge in [0.15, 0.2) is 0 Å². The van der Waals surface area contributed by atoms with E-state index in [2.05, 4.69) is 13.8 Å². The Labute approximate surface area is 225 Å². The Balaban J connectivity index is 1.93. The van der Waals surface area contributed by atoms with E-state index in [1.807, 2.05) is 0 Å². The van der Waals surface area contributed by atoms with Crippen molar-refractivity contribution in [3.8, 4) is 0 Å². The molecule has 2 unspecified atom stereocenters. The Morgan fingerprint density at radius 1 is 0.703 bits per heavy atom. The highest BCUT2D eigenvalue weighted by atomic mass is 31.2. The number of hydrogen-bond acceptors (Lipinski definition) is 8. The normalized spacial score (nSPS) is 19.8. The molecule has 2 heterocycles. The maximum absolute atomic E-state index is 15.4. The lowest BCUT2D eigenvalue weighted by molar-refractivity contribution is -0.184. The third-order valence-corrected chi connectivity index (χ3v) is 8.42. The third-order valence-electron chi connectivity index (χ3n) is 7.09. The number of hydrogen-bond donors (Lipinski definition) is 0. The second-order valence-electron chi connectivity index (χ2n) is 10.4. The first-order chi connectivity index (χ1) is 18.1. The van der Waals surface area contributed by atoms with E-state index in [4.69, 9.17) is 23.2 Å². The first-order valence-corrected chi connectivity index (χ1v) is 16.5. The number of hydroxylamine groups is 4. The van der Waals surface area contributed by atoms with E-state index in [0.29, 0.717) is 59.0 Å². The summed E-state index contributed by atoms with van der Waals surface area (Å²) in [6.07, 6.45) is 14.0. The van der Waals surface area contributed by atoms with Crippen LogP contribution in [0.25, 0.3) is 0 Å². The molecule has 0 N–H and O–H groups in total.